The Labute approximate surface area is 184 Å². The fraction of sp³-hybridized carbons (Fsp3) is 0.480. The van der Waals surface area contributed by atoms with Crippen LogP contribution in [0.15, 0.2) is 36.9 Å². The fourth-order valence-corrected chi connectivity index (χ4v) is 5.79. The van der Waals surface area contributed by atoms with Gasteiger partial charge in [-0.15, -0.1) is 11.3 Å². The largest absolute Gasteiger partial charge is 0.336 e. The lowest BCUT2D eigenvalue weighted by Gasteiger charge is -2.34. The van der Waals surface area contributed by atoms with Gasteiger partial charge in [0.2, 0.25) is 0 Å². The predicted octanol–water partition coefficient (Wildman–Crippen LogP) is 4.82. The molecule has 2 aliphatic heterocycles. The van der Waals surface area contributed by atoms with Crippen LogP contribution in [-0.2, 0) is 0 Å². The third-order valence-electron chi connectivity index (χ3n) is 6.61. The zero-order chi connectivity index (χ0) is 21.3. The Hall–Kier alpha value is -1.95. The van der Waals surface area contributed by atoms with E-state index in [0.29, 0.717) is 18.5 Å². The molecule has 4 nitrogen and oxygen atoms in total. The Bertz CT molecular complexity index is 894. The first-order chi connectivity index (χ1) is 14.5. The van der Waals surface area contributed by atoms with E-state index >= 15 is 0 Å². The number of benzene rings is 1. The van der Waals surface area contributed by atoms with Crippen molar-refractivity contribution >= 4 is 23.3 Å². The molecule has 1 aromatic heterocycles. The van der Waals surface area contributed by atoms with Gasteiger partial charge in [-0.1, -0.05) is 36.9 Å². The molecule has 0 saturated carbocycles. The number of amides is 1. The molecule has 1 amide bonds. The average molecular weight is 424 g/mol. The van der Waals surface area contributed by atoms with Crippen LogP contribution in [0.4, 0.5) is 0 Å². The molecular weight excluding hydrogens is 390 g/mol. The van der Waals surface area contributed by atoms with Crippen molar-refractivity contribution in [3.05, 3.63) is 52.9 Å². The molecular formula is C25H33N3OS. The van der Waals surface area contributed by atoms with Crippen molar-refractivity contribution < 1.29 is 4.79 Å². The first kappa shape index (κ1) is 21.3. The molecule has 0 aliphatic carbocycles. The fourth-order valence-electron chi connectivity index (χ4n) is 4.65. The molecule has 0 bridgehead atoms. The third kappa shape index (κ3) is 4.39. The summed E-state index contributed by atoms with van der Waals surface area (Å²) in [6.07, 6.45) is 5.13. The zero-order valence-electron chi connectivity index (χ0n) is 18.1. The van der Waals surface area contributed by atoms with Crippen LogP contribution in [0, 0.1) is 0 Å². The predicted molar refractivity (Wildman–Crippen MR) is 127 cm³/mol. The molecule has 3 heterocycles. The number of carbonyl (C=O) groups is 1. The minimum atomic E-state index is 0.0858. The van der Waals surface area contributed by atoms with Gasteiger partial charge in [0, 0.05) is 30.1 Å². The van der Waals surface area contributed by atoms with Gasteiger partial charge >= 0.3 is 0 Å². The zero-order valence-corrected chi connectivity index (χ0v) is 19.0. The van der Waals surface area contributed by atoms with Crippen LogP contribution in [0.3, 0.4) is 0 Å². The lowest BCUT2D eigenvalue weighted by atomic mass is 9.88. The van der Waals surface area contributed by atoms with E-state index in [1.165, 1.54) is 37.1 Å². The van der Waals surface area contributed by atoms with Crippen LogP contribution in [-0.4, -0.2) is 54.0 Å². The van der Waals surface area contributed by atoms with E-state index in [1.807, 2.05) is 4.90 Å². The van der Waals surface area contributed by atoms with Gasteiger partial charge in [0.15, 0.2) is 0 Å². The normalized spacial score (nSPS) is 20.8. The summed E-state index contributed by atoms with van der Waals surface area (Å²) in [5, 5.41) is 0. The van der Waals surface area contributed by atoms with Crippen LogP contribution >= 0.6 is 11.3 Å². The lowest BCUT2D eigenvalue weighted by Crippen LogP contribution is -2.37. The quantitative estimate of drug-likeness (QED) is 0.750. The summed E-state index contributed by atoms with van der Waals surface area (Å²) in [6, 6.07) is 11.8. The monoisotopic (exact) mass is 423 g/mol. The van der Waals surface area contributed by atoms with E-state index in [1.54, 1.807) is 17.4 Å². The van der Waals surface area contributed by atoms with Crippen LogP contribution in [0.1, 0.15) is 59.8 Å². The second kappa shape index (κ2) is 9.04. The highest BCUT2D eigenvalue weighted by molar-refractivity contribution is 7.17. The topological polar surface area (TPSA) is 49.6 Å². The average Bonchev–Trinajstić information content (AvgIpc) is 3.40. The molecule has 5 heteroatoms. The summed E-state index contributed by atoms with van der Waals surface area (Å²) in [7, 11) is 0. The van der Waals surface area contributed by atoms with Crippen LogP contribution < -0.4 is 5.73 Å². The van der Waals surface area contributed by atoms with Gasteiger partial charge in [-0.2, -0.15) is 0 Å². The van der Waals surface area contributed by atoms with Crippen LogP contribution in [0.25, 0.3) is 16.5 Å². The highest BCUT2D eigenvalue weighted by atomic mass is 32.1. The molecule has 2 saturated heterocycles. The summed E-state index contributed by atoms with van der Waals surface area (Å²) < 4.78 is 0. The number of rotatable bonds is 5. The minimum absolute atomic E-state index is 0.0858. The summed E-state index contributed by atoms with van der Waals surface area (Å²) >= 11 is 1.57. The summed E-state index contributed by atoms with van der Waals surface area (Å²) in [4.78, 5) is 19.3. The minimum Gasteiger partial charge on any atom is -0.336 e. The number of thiophene rings is 1. The van der Waals surface area contributed by atoms with Gasteiger partial charge in [0.1, 0.15) is 0 Å². The molecule has 0 spiro atoms. The summed E-state index contributed by atoms with van der Waals surface area (Å²) in [6.45, 7) is 12.2. The van der Waals surface area contributed by atoms with Gasteiger partial charge in [0.25, 0.3) is 5.91 Å². The number of hydrogen-bond donors (Lipinski definition) is 1. The molecule has 0 unspecified atom stereocenters. The van der Waals surface area contributed by atoms with Gasteiger partial charge < -0.3 is 15.5 Å². The maximum Gasteiger partial charge on any atom is 0.264 e. The summed E-state index contributed by atoms with van der Waals surface area (Å²) in [5.41, 5.74) is 9.52. The molecule has 1 aromatic carbocycles. The first-order valence-electron chi connectivity index (χ1n) is 11.1. The first-order valence-corrected chi connectivity index (χ1v) is 11.9. The van der Waals surface area contributed by atoms with Crippen molar-refractivity contribution in [3.8, 4) is 10.4 Å². The maximum absolute atomic E-state index is 13.0. The molecule has 4 rings (SSSR count). The Morgan fingerprint density at radius 1 is 1.17 bits per heavy atom. The standard InChI is InChI=1S/C25H33N3OS/c1-4-18-15-23(30-24(18)25(29)28-14-11-22(26)16-28)21-7-5-19(6-8-21)20-9-12-27(13-10-20)17(2)3/h4-8,15,17,20,22H,1,9-14,16,26H2,2-3H3/t22-/m0/s1. The number of nitrogens with two attached hydrogens (primary N) is 1. The molecule has 30 heavy (non-hydrogen) atoms. The molecule has 2 fully saturated rings. The second-order valence-corrected chi connectivity index (χ2v) is 9.98. The highest BCUT2D eigenvalue weighted by Gasteiger charge is 2.27. The van der Waals surface area contributed by atoms with Crippen molar-refractivity contribution in [1.82, 2.24) is 9.80 Å². The number of nitrogens with zero attached hydrogens (tertiary/aromatic N) is 2. The maximum atomic E-state index is 13.0. The van der Waals surface area contributed by atoms with Crippen molar-refractivity contribution in [1.29, 1.82) is 0 Å². The third-order valence-corrected chi connectivity index (χ3v) is 7.80. The van der Waals surface area contributed by atoms with Crippen molar-refractivity contribution in [2.75, 3.05) is 26.2 Å². The van der Waals surface area contributed by atoms with Crippen molar-refractivity contribution in [2.45, 2.75) is 51.1 Å². The number of carbonyl (C=O) groups excluding carboxylic acids is 1. The van der Waals surface area contributed by atoms with Gasteiger partial charge in [-0.05, 0) is 74.9 Å². The SMILES string of the molecule is C=Cc1cc(-c2ccc(C3CCN(C(C)C)CC3)cc2)sc1C(=O)N1CC[C@H](N)C1. The van der Waals surface area contributed by atoms with Crippen LogP contribution in [0.5, 0.6) is 0 Å². The Morgan fingerprint density at radius 2 is 1.87 bits per heavy atom. The molecule has 2 N–H and O–H groups in total. The van der Waals surface area contributed by atoms with Gasteiger partial charge in [0.05, 0.1) is 4.88 Å². The van der Waals surface area contributed by atoms with E-state index in [0.717, 1.165) is 28.3 Å². The summed E-state index contributed by atoms with van der Waals surface area (Å²) in [5.74, 6) is 0.736. The number of piperidine rings is 1. The Morgan fingerprint density at radius 3 is 2.43 bits per heavy atom. The molecule has 0 radical (unpaired) electrons. The van der Waals surface area contributed by atoms with Gasteiger partial charge in [-0.25, -0.2) is 0 Å². The Balaban J connectivity index is 1.49. The van der Waals surface area contributed by atoms with E-state index in [9.17, 15) is 4.79 Å². The van der Waals surface area contributed by atoms with Crippen LogP contribution in [0.2, 0.25) is 0 Å². The van der Waals surface area contributed by atoms with Gasteiger partial charge in [-0.3, -0.25) is 4.79 Å². The second-order valence-electron chi connectivity index (χ2n) is 8.93. The number of likely N-dealkylation sites (tertiary alicyclic amines) is 2. The van der Waals surface area contributed by atoms with E-state index in [2.05, 4.69) is 55.7 Å². The molecule has 2 aromatic rings. The number of hydrogen-bond acceptors (Lipinski definition) is 4. The molecule has 1 atom stereocenters. The van der Waals surface area contributed by atoms with E-state index < -0.39 is 0 Å². The molecule has 2 aliphatic rings. The smallest absolute Gasteiger partial charge is 0.264 e. The lowest BCUT2D eigenvalue weighted by molar-refractivity contribution is 0.0795. The Kier molecular flexibility index (Phi) is 6.42. The van der Waals surface area contributed by atoms with E-state index in [4.69, 9.17) is 5.73 Å². The van der Waals surface area contributed by atoms with E-state index in [-0.39, 0.29) is 11.9 Å². The highest BCUT2D eigenvalue weighted by Crippen LogP contribution is 2.35. The molecule has 160 valence electrons. The van der Waals surface area contributed by atoms with Crippen molar-refractivity contribution in [2.24, 2.45) is 5.73 Å². The van der Waals surface area contributed by atoms with Crippen molar-refractivity contribution in [3.63, 3.8) is 0 Å².